The van der Waals surface area contributed by atoms with Gasteiger partial charge in [-0.05, 0) is 18.1 Å². The van der Waals surface area contributed by atoms with Crippen molar-refractivity contribution >= 4 is 0 Å². The number of hydrogen-bond donors (Lipinski definition) is 2. The minimum atomic E-state index is -0.0158. The summed E-state index contributed by atoms with van der Waals surface area (Å²) in [6.45, 7) is 0. The molecule has 0 saturated heterocycles. The highest BCUT2D eigenvalue weighted by molar-refractivity contribution is 5.16. The van der Waals surface area contributed by atoms with Crippen molar-refractivity contribution in [2.45, 2.75) is 12.5 Å². The number of aromatic amines is 1. The van der Waals surface area contributed by atoms with Gasteiger partial charge in [-0.15, -0.1) is 0 Å². The molecular weight excluding hydrogens is 176 g/mol. The number of pyridine rings is 1. The topological polar surface area (TPSA) is 67.6 Å². The Morgan fingerprint density at radius 1 is 1.43 bits per heavy atom. The Kier molecular flexibility index (Phi) is 2.55. The SMILES string of the molecule is NC(Cc1cccnc1)c1cn[nH]c1. The van der Waals surface area contributed by atoms with E-state index in [1.165, 1.54) is 0 Å². The quantitative estimate of drug-likeness (QED) is 0.756. The van der Waals surface area contributed by atoms with Gasteiger partial charge in [0.25, 0.3) is 0 Å². The number of H-pyrrole nitrogens is 1. The number of aromatic nitrogens is 3. The van der Waals surface area contributed by atoms with Crippen molar-refractivity contribution in [1.29, 1.82) is 0 Å². The van der Waals surface area contributed by atoms with Crippen LogP contribution in [0, 0.1) is 0 Å². The predicted molar refractivity (Wildman–Crippen MR) is 53.5 cm³/mol. The zero-order valence-corrected chi connectivity index (χ0v) is 7.72. The first-order valence-corrected chi connectivity index (χ1v) is 4.49. The number of hydrogen-bond acceptors (Lipinski definition) is 3. The van der Waals surface area contributed by atoms with Gasteiger partial charge >= 0.3 is 0 Å². The van der Waals surface area contributed by atoms with E-state index in [0.717, 1.165) is 17.5 Å². The minimum absolute atomic E-state index is 0.0158. The molecule has 2 aromatic heterocycles. The van der Waals surface area contributed by atoms with Crippen LogP contribution < -0.4 is 5.73 Å². The van der Waals surface area contributed by atoms with E-state index in [9.17, 15) is 0 Å². The highest BCUT2D eigenvalue weighted by atomic mass is 15.1. The van der Waals surface area contributed by atoms with Gasteiger partial charge < -0.3 is 5.73 Å². The molecule has 0 aliphatic rings. The third kappa shape index (κ3) is 1.97. The van der Waals surface area contributed by atoms with E-state index < -0.39 is 0 Å². The van der Waals surface area contributed by atoms with Crippen LogP contribution in [0.15, 0.2) is 36.9 Å². The fourth-order valence-electron chi connectivity index (χ4n) is 1.35. The molecule has 0 fully saturated rings. The van der Waals surface area contributed by atoms with Gasteiger partial charge in [-0.2, -0.15) is 5.10 Å². The number of nitrogens with zero attached hydrogens (tertiary/aromatic N) is 2. The van der Waals surface area contributed by atoms with Gasteiger partial charge in [-0.1, -0.05) is 6.07 Å². The summed E-state index contributed by atoms with van der Waals surface area (Å²) >= 11 is 0. The molecule has 0 saturated carbocycles. The van der Waals surface area contributed by atoms with Crippen LogP contribution >= 0.6 is 0 Å². The summed E-state index contributed by atoms with van der Waals surface area (Å²) in [6, 6.07) is 3.92. The maximum Gasteiger partial charge on any atom is 0.0535 e. The molecule has 0 amide bonds. The predicted octanol–water partition coefficient (Wildman–Crippen LogP) is 1.05. The Bertz CT molecular complexity index is 368. The van der Waals surface area contributed by atoms with Crippen molar-refractivity contribution < 1.29 is 0 Å². The van der Waals surface area contributed by atoms with Gasteiger partial charge in [-0.25, -0.2) is 0 Å². The van der Waals surface area contributed by atoms with Crippen LogP contribution in [0.5, 0.6) is 0 Å². The molecule has 0 spiro atoms. The number of rotatable bonds is 3. The monoisotopic (exact) mass is 188 g/mol. The van der Waals surface area contributed by atoms with Gasteiger partial charge in [0.15, 0.2) is 0 Å². The Labute approximate surface area is 82.2 Å². The van der Waals surface area contributed by atoms with Crippen molar-refractivity contribution in [3.05, 3.63) is 48.0 Å². The van der Waals surface area contributed by atoms with Crippen molar-refractivity contribution in [2.24, 2.45) is 5.73 Å². The third-order valence-electron chi connectivity index (χ3n) is 2.13. The zero-order chi connectivity index (χ0) is 9.80. The fourth-order valence-corrected chi connectivity index (χ4v) is 1.35. The van der Waals surface area contributed by atoms with Crippen LogP contribution in [-0.2, 0) is 6.42 Å². The molecule has 0 aliphatic carbocycles. The van der Waals surface area contributed by atoms with E-state index in [-0.39, 0.29) is 6.04 Å². The standard InChI is InChI=1S/C10H12N4/c11-10(9-6-13-14-7-9)4-8-2-1-3-12-5-8/h1-3,5-7,10H,4,11H2,(H,13,14). The summed E-state index contributed by atoms with van der Waals surface area (Å²) in [7, 11) is 0. The summed E-state index contributed by atoms with van der Waals surface area (Å²) < 4.78 is 0. The lowest BCUT2D eigenvalue weighted by Crippen LogP contribution is -2.12. The van der Waals surface area contributed by atoms with E-state index in [4.69, 9.17) is 5.73 Å². The molecule has 72 valence electrons. The van der Waals surface area contributed by atoms with Crippen LogP contribution in [0.4, 0.5) is 0 Å². The summed E-state index contributed by atoms with van der Waals surface area (Å²) in [4.78, 5) is 4.04. The maximum absolute atomic E-state index is 5.98. The first kappa shape index (κ1) is 8.90. The lowest BCUT2D eigenvalue weighted by Gasteiger charge is -2.08. The molecule has 2 heterocycles. The Morgan fingerprint density at radius 3 is 3.00 bits per heavy atom. The third-order valence-corrected chi connectivity index (χ3v) is 2.13. The second-order valence-corrected chi connectivity index (χ2v) is 3.20. The van der Waals surface area contributed by atoms with Gasteiger partial charge in [0.1, 0.15) is 0 Å². The molecule has 1 atom stereocenters. The molecule has 0 aliphatic heterocycles. The average molecular weight is 188 g/mol. The van der Waals surface area contributed by atoms with Crippen LogP contribution in [0.2, 0.25) is 0 Å². The number of nitrogens with one attached hydrogen (secondary N) is 1. The minimum Gasteiger partial charge on any atom is -0.324 e. The zero-order valence-electron chi connectivity index (χ0n) is 7.72. The van der Waals surface area contributed by atoms with Crippen LogP contribution in [0.25, 0.3) is 0 Å². The Hall–Kier alpha value is -1.68. The highest BCUT2D eigenvalue weighted by Crippen LogP contribution is 2.13. The van der Waals surface area contributed by atoms with Crippen LogP contribution in [0.1, 0.15) is 17.2 Å². The van der Waals surface area contributed by atoms with Gasteiger partial charge in [0, 0.05) is 30.2 Å². The largest absolute Gasteiger partial charge is 0.324 e. The lowest BCUT2D eigenvalue weighted by atomic mass is 10.0. The van der Waals surface area contributed by atoms with Gasteiger partial charge in [0.2, 0.25) is 0 Å². The van der Waals surface area contributed by atoms with E-state index in [2.05, 4.69) is 15.2 Å². The van der Waals surface area contributed by atoms with Gasteiger partial charge in [0.05, 0.1) is 6.20 Å². The first-order chi connectivity index (χ1) is 6.86. The molecule has 14 heavy (non-hydrogen) atoms. The average Bonchev–Trinajstić information content (AvgIpc) is 2.72. The van der Waals surface area contributed by atoms with Crippen LogP contribution in [-0.4, -0.2) is 15.2 Å². The van der Waals surface area contributed by atoms with Crippen LogP contribution in [0.3, 0.4) is 0 Å². The molecule has 4 heteroatoms. The molecule has 4 nitrogen and oxygen atoms in total. The highest BCUT2D eigenvalue weighted by Gasteiger charge is 2.07. The molecule has 1 unspecified atom stereocenters. The summed E-state index contributed by atoms with van der Waals surface area (Å²) in [6.07, 6.45) is 7.95. The molecule has 3 N–H and O–H groups in total. The van der Waals surface area contributed by atoms with Crippen molar-refractivity contribution in [3.8, 4) is 0 Å². The van der Waals surface area contributed by atoms with Crippen molar-refractivity contribution in [3.63, 3.8) is 0 Å². The van der Waals surface area contributed by atoms with E-state index >= 15 is 0 Å². The van der Waals surface area contributed by atoms with E-state index in [1.807, 2.05) is 24.5 Å². The molecule has 0 radical (unpaired) electrons. The Balaban J connectivity index is 2.06. The maximum atomic E-state index is 5.98. The molecule has 0 aromatic carbocycles. The first-order valence-electron chi connectivity index (χ1n) is 4.49. The van der Waals surface area contributed by atoms with Gasteiger partial charge in [-0.3, -0.25) is 10.1 Å². The molecule has 0 bridgehead atoms. The van der Waals surface area contributed by atoms with Crippen molar-refractivity contribution in [1.82, 2.24) is 15.2 Å². The smallest absolute Gasteiger partial charge is 0.0535 e. The Morgan fingerprint density at radius 2 is 2.36 bits per heavy atom. The normalized spacial score (nSPS) is 12.6. The molecular formula is C10H12N4. The number of nitrogens with two attached hydrogens (primary N) is 1. The van der Waals surface area contributed by atoms with E-state index in [0.29, 0.717) is 0 Å². The summed E-state index contributed by atoms with van der Waals surface area (Å²) in [5.41, 5.74) is 8.15. The second-order valence-electron chi connectivity index (χ2n) is 3.20. The van der Waals surface area contributed by atoms with E-state index in [1.54, 1.807) is 12.4 Å². The lowest BCUT2D eigenvalue weighted by molar-refractivity contribution is 0.720. The molecule has 2 aromatic rings. The fraction of sp³-hybridized carbons (Fsp3) is 0.200. The second kappa shape index (κ2) is 4.02. The van der Waals surface area contributed by atoms with Crippen molar-refractivity contribution in [2.75, 3.05) is 0 Å². The summed E-state index contributed by atoms with van der Waals surface area (Å²) in [5, 5.41) is 6.62. The summed E-state index contributed by atoms with van der Waals surface area (Å²) in [5.74, 6) is 0. The molecule has 2 rings (SSSR count).